The van der Waals surface area contributed by atoms with Crippen LogP contribution in [-0.2, 0) is 16.0 Å². The van der Waals surface area contributed by atoms with Gasteiger partial charge in [0.2, 0.25) is 5.91 Å². The van der Waals surface area contributed by atoms with E-state index in [1.54, 1.807) is 16.9 Å². The fourth-order valence-corrected chi connectivity index (χ4v) is 3.78. The molecule has 1 aliphatic rings. The Bertz CT molecular complexity index is 1160. The van der Waals surface area contributed by atoms with Crippen LogP contribution in [0.4, 0.5) is 0 Å². The number of fused-ring (bicyclic) bond motifs is 1. The lowest BCUT2D eigenvalue weighted by atomic mass is 10.1. The second-order valence-corrected chi connectivity index (χ2v) is 7.32. The summed E-state index contributed by atoms with van der Waals surface area (Å²) >= 11 is 0. The molecule has 0 radical (unpaired) electrons. The van der Waals surface area contributed by atoms with Crippen molar-refractivity contribution in [3.05, 3.63) is 84.4 Å². The van der Waals surface area contributed by atoms with E-state index < -0.39 is 0 Å². The average Bonchev–Trinajstić information content (AvgIpc) is 3.24. The van der Waals surface area contributed by atoms with Crippen molar-refractivity contribution >= 4 is 11.4 Å². The highest BCUT2D eigenvalue weighted by Gasteiger charge is 2.28. The van der Waals surface area contributed by atoms with Gasteiger partial charge in [0.15, 0.2) is 0 Å². The zero-order valence-electron chi connectivity index (χ0n) is 16.4. The van der Waals surface area contributed by atoms with Crippen LogP contribution in [-0.4, -0.2) is 50.3 Å². The molecule has 4 heterocycles. The molecule has 1 atom stereocenters. The van der Waals surface area contributed by atoms with Crippen molar-refractivity contribution in [2.75, 3.05) is 19.7 Å². The Morgan fingerprint density at radius 1 is 1.03 bits per heavy atom. The van der Waals surface area contributed by atoms with Gasteiger partial charge < -0.3 is 9.64 Å². The van der Waals surface area contributed by atoms with Gasteiger partial charge in [-0.15, -0.1) is 5.10 Å². The van der Waals surface area contributed by atoms with Crippen LogP contribution in [0.3, 0.4) is 0 Å². The van der Waals surface area contributed by atoms with Crippen LogP contribution in [0.15, 0.2) is 73.2 Å². The lowest BCUT2D eigenvalue weighted by Crippen LogP contribution is -2.43. The Kier molecular flexibility index (Phi) is 4.94. The van der Waals surface area contributed by atoms with E-state index in [1.165, 1.54) is 0 Å². The Morgan fingerprint density at radius 3 is 2.70 bits per heavy atom. The van der Waals surface area contributed by atoms with Crippen molar-refractivity contribution < 1.29 is 9.53 Å². The number of rotatable bonds is 4. The molecule has 0 spiro atoms. The molecular weight excluding hydrogens is 378 g/mol. The Morgan fingerprint density at radius 2 is 1.87 bits per heavy atom. The molecule has 30 heavy (non-hydrogen) atoms. The fraction of sp³-hybridized carbons (Fsp3) is 0.217. The van der Waals surface area contributed by atoms with Gasteiger partial charge in [-0.1, -0.05) is 41.6 Å². The largest absolute Gasteiger partial charge is 0.368 e. The summed E-state index contributed by atoms with van der Waals surface area (Å²) in [7, 11) is 0. The zero-order valence-corrected chi connectivity index (χ0v) is 16.4. The van der Waals surface area contributed by atoms with Crippen LogP contribution >= 0.6 is 0 Å². The van der Waals surface area contributed by atoms with E-state index >= 15 is 0 Å². The zero-order chi connectivity index (χ0) is 20.3. The lowest BCUT2D eigenvalue weighted by Gasteiger charge is -2.32. The molecule has 1 saturated heterocycles. The number of hydrogen-bond acceptors (Lipinski definition) is 5. The monoisotopic (exact) mass is 399 g/mol. The SMILES string of the molecule is O=C(Cc1ccccc1)N1CCO[C@@H](c2nnn3cc(-c4ccncc4)ccc23)C1. The quantitative estimate of drug-likeness (QED) is 0.528. The number of amides is 1. The first-order valence-electron chi connectivity index (χ1n) is 9.96. The number of nitrogens with zero attached hydrogens (tertiary/aromatic N) is 5. The topological polar surface area (TPSA) is 72.6 Å². The number of morpholine rings is 1. The van der Waals surface area contributed by atoms with Crippen molar-refractivity contribution in [3.63, 3.8) is 0 Å². The number of carbonyl (C=O) groups is 1. The van der Waals surface area contributed by atoms with Crippen molar-refractivity contribution in [2.45, 2.75) is 12.5 Å². The number of benzene rings is 1. The highest BCUT2D eigenvalue weighted by molar-refractivity contribution is 5.79. The van der Waals surface area contributed by atoms with Gasteiger partial charge in [-0.05, 0) is 29.3 Å². The number of aromatic nitrogens is 4. The summed E-state index contributed by atoms with van der Waals surface area (Å²) in [4.78, 5) is 18.7. The van der Waals surface area contributed by atoms with E-state index in [1.807, 2.05) is 65.7 Å². The number of carbonyl (C=O) groups excluding carboxylic acids is 1. The third-order valence-electron chi connectivity index (χ3n) is 5.38. The molecule has 5 rings (SSSR count). The third-order valence-corrected chi connectivity index (χ3v) is 5.38. The van der Waals surface area contributed by atoms with Gasteiger partial charge in [-0.3, -0.25) is 9.78 Å². The first-order chi connectivity index (χ1) is 14.8. The summed E-state index contributed by atoms with van der Waals surface area (Å²) in [5, 5.41) is 8.65. The molecule has 0 aliphatic carbocycles. The van der Waals surface area contributed by atoms with Gasteiger partial charge in [0.1, 0.15) is 11.8 Å². The maximum Gasteiger partial charge on any atom is 0.227 e. The molecule has 150 valence electrons. The molecule has 4 aromatic rings. The van der Waals surface area contributed by atoms with Crippen LogP contribution in [0.5, 0.6) is 0 Å². The standard InChI is InChI=1S/C23H21N5O2/c29-22(14-17-4-2-1-3-5-17)27-12-13-30-21(16-27)23-20-7-6-19(15-28(20)26-25-23)18-8-10-24-11-9-18/h1-11,15,21H,12-14,16H2/t21-/m1/s1. The van der Waals surface area contributed by atoms with Gasteiger partial charge in [-0.25, -0.2) is 4.52 Å². The number of hydrogen-bond donors (Lipinski definition) is 0. The normalized spacial score (nSPS) is 16.7. The minimum atomic E-state index is -0.289. The lowest BCUT2D eigenvalue weighted by molar-refractivity contribution is -0.138. The summed E-state index contributed by atoms with van der Waals surface area (Å²) in [5.74, 6) is 0.103. The molecule has 1 aromatic carbocycles. The summed E-state index contributed by atoms with van der Waals surface area (Å²) in [5.41, 5.74) is 4.76. The van der Waals surface area contributed by atoms with E-state index in [4.69, 9.17) is 4.74 Å². The smallest absolute Gasteiger partial charge is 0.227 e. The van der Waals surface area contributed by atoms with Crippen LogP contribution in [0, 0.1) is 0 Å². The third kappa shape index (κ3) is 3.67. The Hall–Kier alpha value is -3.58. The van der Waals surface area contributed by atoms with E-state index in [0.29, 0.717) is 26.1 Å². The molecule has 3 aromatic heterocycles. The summed E-state index contributed by atoms with van der Waals surface area (Å²) in [6.07, 6.45) is 5.59. The summed E-state index contributed by atoms with van der Waals surface area (Å²) < 4.78 is 7.72. The molecule has 0 bridgehead atoms. The first-order valence-corrected chi connectivity index (χ1v) is 9.96. The fourth-order valence-electron chi connectivity index (χ4n) is 3.78. The molecule has 7 heteroatoms. The van der Waals surface area contributed by atoms with Gasteiger partial charge in [0.05, 0.1) is 25.1 Å². The predicted octanol–water partition coefficient (Wildman–Crippen LogP) is 2.93. The summed E-state index contributed by atoms with van der Waals surface area (Å²) in [6.45, 7) is 1.55. The number of ether oxygens (including phenoxy) is 1. The van der Waals surface area contributed by atoms with Crippen LogP contribution in [0.25, 0.3) is 16.6 Å². The molecule has 0 saturated carbocycles. The molecule has 1 aliphatic heterocycles. The first kappa shape index (κ1) is 18.4. The highest BCUT2D eigenvalue weighted by atomic mass is 16.5. The minimum absolute atomic E-state index is 0.103. The second kappa shape index (κ2) is 8.04. The van der Waals surface area contributed by atoms with Crippen molar-refractivity contribution in [1.82, 2.24) is 24.7 Å². The van der Waals surface area contributed by atoms with Crippen LogP contribution in [0.1, 0.15) is 17.4 Å². The van der Waals surface area contributed by atoms with E-state index in [2.05, 4.69) is 15.3 Å². The molecule has 7 nitrogen and oxygen atoms in total. The number of pyridine rings is 2. The molecule has 1 fully saturated rings. The van der Waals surface area contributed by atoms with Gasteiger partial charge in [-0.2, -0.15) is 0 Å². The molecule has 0 unspecified atom stereocenters. The Labute approximate surface area is 173 Å². The van der Waals surface area contributed by atoms with Gasteiger partial charge in [0.25, 0.3) is 0 Å². The van der Waals surface area contributed by atoms with Gasteiger partial charge >= 0.3 is 0 Å². The molecular formula is C23H21N5O2. The Balaban J connectivity index is 1.35. The average molecular weight is 399 g/mol. The van der Waals surface area contributed by atoms with Gasteiger partial charge in [0, 0.05) is 30.7 Å². The predicted molar refractivity (Wildman–Crippen MR) is 112 cm³/mol. The molecule has 1 amide bonds. The van der Waals surface area contributed by atoms with E-state index in [-0.39, 0.29) is 12.0 Å². The van der Waals surface area contributed by atoms with E-state index in [9.17, 15) is 4.79 Å². The van der Waals surface area contributed by atoms with E-state index in [0.717, 1.165) is 27.9 Å². The molecule has 0 N–H and O–H groups in total. The summed E-state index contributed by atoms with van der Waals surface area (Å²) in [6, 6.07) is 17.8. The minimum Gasteiger partial charge on any atom is -0.368 e. The van der Waals surface area contributed by atoms with Crippen LogP contribution < -0.4 is 0 Å². The van der Waals surface area contributed by atoms with Crippen molar-refractivity contribution in [3.8, 4) is 11.1 Å². The maximum atomic E-state index is 12.8. The second-order valence-electron chi connectivity index (χ2n) is 7.32. The van der Waals surface area contributed by atoms with Crippen molar-refractivity contribution in [2.24, 2.45) is 0 Å². The maximum absolute atomic E-state index is 12.8. The van der Waals surface area contributed by atoms with Crippen LogP contribution in [0.2, 0.25) is 0 Å². The highest BCUT2D eigenvalue weighted by Crippen LogP contribution is 2.26. The van der Waals surface area contributed by atoms with Crippen molar-refractivity contribution in [1.29, 1.82) is 0 Å².